The van der Waals surface area contributed by atoms with Gasteiger partial charge < -0.3 is 20.5 Å². The molecule has 0 saturated carbocycles. The van der Waals surface area contributed by atoms with Crippen molar-refractivity contribution in [2.75, 3.05) is 5.32 Å². The van der Waals surface area contributed by atoms with E-state index in [1.54, 1.807) is 24.3 Å². The van der Waals surface area contributed by atoms with Gasteiger partial charge in [-0.1, -0.05) is 30.3 Å². The Morgan fingerprint density at radius 2 is 1.53 bits per heavy atom. The Morgan fingerprint density at radius 1 is 0.906 bits per heavy atom. The van der Waals surface area contributed by atoms with Crippen LogP contribution in [0.4, 0.5) is 10.5 Å². The van der Waals surface area contributed by atoms with Crippen LogP contribution in [0.5, 0.6) is 5.75 Å². The molecule has 0 radical (unpaired) electrons. The van der Waals surface area contributed by atoms with Crippen molar-refractivity contribution in [1.82, 2.24) is 5.32 Å². The molecule has 0 heterocycles. The maximum absolute atomic E-state index is 13.0. The van der Waals surface area contributed by atoms with Crippen molar-refractivity contribution >= 4 is 85.5 Å². The SMILES string of the molecule is O=C(N[C@@H](Cc1cc(I)c(O)c(I)c1)C(=O)Nc1ccc(I)cc1)OCc1ccccc1. The molecule has 0 aliphatic heterocycles. The Hall–Kier alpha value is -1.61. The highest BCUT2D eigenvalue weighted by atomic mass is 127. The number of aromatic hydroxyl groups is 1. The average molecular weight is 768 g/mol. The van der Waals surface area contributed by atoms with Gasteiger partial charge in [-0.05, 0) is 115 Å². The zero-order chi connectivity index (χ0) is 23.1. The van der Waals surface area contributed by atoms with Crippen molar-refractivity contribution in [2.45, 2.75) is 19.1 Å². The Bertz CT molecular complexity index is 1070. The number of carbonyl (C=O) groups excluding carboxylic acids is 2. The second-order valence-corrected chi connectivity index (χ2v) is 10.4. The van der Waals surface area contributed by atoms with Crippen LogP contribution >= 0.6 is 67.8 Å². The number of amides is 2. The van der Waals surface area contributed by atoms with Crippen LogP contribution in [0.3, 0.4) is 0 Å². The van der Waals surface area contributed by atoms with Gasteiger partial charge in [0.15, 0.2) is 0 Å². The number of benzene rings is 3. The maximum Gasteiger partial charge on any atom is 0.408 e. The van der Waals surface area contributed by atoms with Crippen LogP contribution in [0.2, 0.25) is 0 Å². The van der Waals surface area contributed by atoms with Crippen molar-refractivity contribution in [2.24, 2.45) is 0 Å². The molecule has 3 N–H and O–H groups in total. The Labute approximate surface area is 226 Å². The van der Waals surface area contributed by atoms with Crippen LogP contribution in [0, 0.1) is 10.7 Å². The van der Waals surface area contributed by atoms with Crippen molar-refractivity contribution in [3.05, 3.63) is 88.6 Å². The monoisotopic (exact) mass is 768 g/mol. The van der Waals surface area contributed by atoms with Gasteiger partial charge in [-0.25, -0.2) is 4.79 Å². The van der Waals surface area contributed by atoms with Gasteiger partial charge in [0.05, 0.1) is 7.14 Å². The molecule has 0 aliphatic rings. The fourth-order valence-electron chi connectivity index (χ4n) is 2.85. The van der Waals surface area contributed by atoms with Gasteiger partial charge in [-0.2, -0.15) is 0 Å². The van der Waals surface area contributed by atoms with E-state index >= 15 is 0 Å². The van der Waals surface area contributed by atoms with Crippen molar-refractivity contribution in [1.29, 1.82) is 0 Å². The highest BCUT2D eigenvalue weighted by Crippen LogP contribution is 2.28. The minimum Gasteiger partial charge on any atom is -0.506 e. The van der Waals surface area contributed by atoms with Crippen molar-refractivity contribution in [3.63, 3.8) is 0 Å². The van der Waals surface area contributed by atoms with Crippen LogP contribution in [0.1, 0.15) is 11.1 Å². The molecule has 9 heteroatoms. The summed E-state index contributed by atoms with van der Waals surface area (Å²) in [6, 6.07) is 19.4. The molecule has 0 bridgehead atoms. The lowest BCUT2D eigenvalue weighted by Gasteiger charge is -2.19. The first-order chi connectivity index (χ1) is 15.3. The molecule has 166 valence electrons. The van der Waals surface area contributed by atoms with Gasteiger partial charge in [0, 0.05) is 15.7 Å². The van der Waals surface area contributed by atoms with E-state index in [0.717, 1.165) is 14.7 Å². The van der Waals surface area contributed by atoms with E-state index in [1.807, 2.05) is 87.6 Å². The molecular weight excluding hydrogens is 749 g/mol. The highest BCUT2D eigenvalue weighted by Gasteiger charge is 2.23. The standard InChI is InChI=1S/C23H19I3N2O4/c24-16-6-8-17(9-7-16)27-22(30)20(12-15-10-18(25)21(29)19(26)11-15)28-23(31)32-13-14-4-2-1-3-5-14/h1-11,20,29H,12-13H2,(H,27,30)(H,28,31)/t20-/m0/s1. The first kappa shape index (κ1) is 25.0. The summed E-state index contributed by atoms with van der Waals surface area (Å²) in [6.07, 6.45) is -0.442. The lowest BCUT2D eigenvalue weighted by atomic mass is 10.0. The van der Waals surface area contributed by atoms with E-state index in [-0.39, 0.29) is 24.7 Å². The number of rotatable bonds is 7. The average Bonchev–Trinajstić information content (AvgIpc) is 2.78. The van der Waals surface area contributed by atoms with E-state index in [1.165, 1.54) is 0 Å². The number of carbonyl (C=O) groups is 2. The molecule has 3 aromatic rings. The van der Waals surface area contributed by atoms with Crippen LogP contribution in [-0.2, 0) is 22.6 Å². The fourth-order valence-corrected chi connectivity index (χ4v) is 5.11. The molecule has 0 aliphatic carbocycles. The number of hydrogen-bond donors (Lipinski definition) is 3. The largest absolute Gasteiger partial charge is 0.506 e. The molecule has 0 aromatic heterocycles. The quantitative estimate of drug-likeness (QED) is 0.270. The van der Waals surface area contributed by atoms with Crippen LogP contribution in [0.15, 0.2) is 66.7 Å². The predicted octanol–water partition coefficient (Wildman–Crippen LogP) is 5.68. The Morgan fingerprint density at radius 3 is 2.16 bits per heavy atom. The second-order valence-electron chi connectivity index (χ2n) is 6.87. The lowest BCUT2D eigenvalue weighted by Crippen LogP contribution is -2.45. The summed E-state index contributed by atoms with van der Waals surface area (Å²) in [5, 5.41) is 15.6. The Balaban J connectivity index is 1.74. The first-order valence-electron chi connectivity index (χ1n) is 9.52. The molecule has 0 spiro atoms. The minimum absolute atomic E-state index is 0.104. The van der Waals surface area contributed by atoms with E-state index < -0.39 is 12.1 Å². The third-order valence-corrected chi connectivity index (χ3v) is 6.81. The van der Waals surface area contributed by atoms with E-state index in [9.17, 15) is 14.7 Å². The summed E-state index contributed by atoms with van der Waals surface area (Å²) in [7, 11) is 0. The number of phenolic OH excluding ortho intramolecular Hbond substituents is 1. The number of phenols is 1. The molecule has 0 saturated heterocycles. The van der Waals surface area contributed by atoms with Gasteiger partial charge in [0.2, 0.25) is 5.91 Å². The maximum atomic E-state index is 13.0. The van der Waals surface area contributed by atoms with Crippen LogP contribution < -0.4 is 10.6 Å². The lowest BCUT2D eigenvalue weighted by molar-refractivity contribution is -0.118. The molecule has 1 atom stereocenters. The summed E-state index contributed by atoms with van der Waals surface area (Å²) in [4.78, 5) is 25.5. The van der Waals surface area contributed by atoms with Crippen LogP contribution in [-0.4, -0.2) is 23.1 Å². The topological polar surface area (TPSA) is 87.7 Å². The normalized spacial score (nSPS) is 11.5. The van der Waals surface area contributed by atoms with E-state index in [2.05, 4.69) is 33.2 Å². The number of anilines is 1. The zero-order valence-corrected chi connectivity index (χ0v) is 23.1. The molecule has 6 nitrogen and oxygen atoms in total. The van der Waals surface area contributed by atoms with Gasteiger partial charge in [-0.3, -0.25) is 4.79 Å². The number of ether oxygens (including phenoxy) is 1. The first-order valence-corrected chi connectivity index (χ1v) is 12.8. The summed E-state index contributed by atoms with van der Waals surface area (Å²) >= 11 is 6.27. The van der Waals surface area contributed by atoms with Gasteiger partial charge >= 0.3 is 6.09 Å². The predicted molar refractivity (Wildman–Crippen MR) is 149 cm³/mol. The zero-order valence-electron chi connectivity index (χ0n) is 16.6. The second kappa shape index (κ2) is 12.0. The van der Waals surface area contributed by atoms with E-state index in [0.29, 0.717) is 12.8 Å². The number of hydrogen-bond acceptors (Lipinski definition) is 4. The van der Waals surface area contributed by atoms with Crippen molar-refractivity contribution < 1.29 is 19.4 Å². The minimum atomic E-state index is -0.867. The summed E-state index contributed by atoms with van der Waals surface area (Å²) in [6.45, 7) is 0.104. The van der Waals surface area contributed by atoms with Crippen LogP contribution in [0.25, 0.3) is 0 Å². The molecule has 3 rings (SSSR count). The van der Waals surface area contributed by atoms with E-state index in [4.69, 9.17) is 4.74 Å². The smallest absolute Gasteiger partial charge is 0.408 e. The molecule has 3 aromatic carbocycles. The molecule has 0 fully saturated rings. The highest BCUT2D eigenvalue weighted by molar-refractivity contribution is 14.1. The third-order valence-electron chi connectivity index (χ3n) is 4.45. The fraction of sp³-hybridized carbons (Fsp3) is 0.130. The molecule has 0 unspecified atom stereocenters. The number of alkyl carbamates (subject to hydrolysis) is 1. The molecular formula is C23H19I3N2O4. The summed E-state index contributed by atoms with van der Waals surface area (Å²) < 4.78 is 7.70. The molecule has 32 heavy (non-hydrogen) atoms. The van der Waals surface area contributed by atoms with Crippen molar-refractivity contribution in [3.8, 4) is 5.75 Å². The van der Waals surface area contributed by atoms with Gasteiger partial charge in [0.25, 0.3) is 0 Å². The van der Waals surface area contributed by atoms with Gasteiger partial charge in [0.1, 0.15) is 18.4 Å². The third kappa shape index (κ3) is 7.47. The summed E-state index contributed by atoms with van der Waals surface area (Å²) in [5.74, 6) is -0.161. The molecule has 2 amide bonds. The Kier molecular flexibility index (Phi) is 9.40. The summed E-state index contributed by atoms with van der Waals surface area (Å²) in [5.41, 5.74) is 2.29. The number of nitrogens with one attached hydrogen (secondary N) is 2. The number of halogens is 3. The van der Waals surface area contributed by atoms with Gasteiger partial charge in [-0.15, -0.1) is 0 Å².